The Hall–Kier alpha value is -0.950. The largest absolute Gasteiger partial charge is 0.126 e. The van der Waals surface area contributed by atoms with E-state index in [9.17, 15) is 0 Å². The van der Waals surface area contributed by atoms with E-state index in [1.54, 1.807) is 0 Å². The fourth-order valence-corrected chi connectivity index (χ4v) is 1.97. The van der Waals surface area contributed by atoms with Crippen LogP contribution in [0.3, 0.4) is 0 Å². The molecule has 0 saturated carbocycles. The summed E-state index contributed by atoms with van der Waals surface area (Å²) in [7, 11) is 0. The minimum atomic E-state index is 1.04. The summed E-state index contributed by atoms with van der Waals surface area (Å²) in [4.78, 5) is 1.35. The summed E-state index contributed by atoms with van der Waals surface area (Å²) in [5, 5.41) is 0. The van der Waals surface area contributed by atoms with E-state index in [1.807, 2.05) is 11.8 Å². The third kappa shape index (κ3) is 5.48. The molecule has 0 spiro atoms. The maximum Gasteiger partial charge on any atom is 0.00720 e. The normalized spacial score (nSPS) is 10.7. The lowest BCUT2D eigenvalue weighted by Gasteiger charge is -1.98. The van der Waals surface area contributed by atoms with E-state index in [0.29, 0.717) is 0 Å². The number of hydrogen-bond acceptors (Lipinski definition) is 1. The van der Waals surface area contributed by atoms with Gasteiger partial charge in [-0.05, 0) is 25.0 Å². The predicted octanol–water partition coefficient (Wildman–Crippen LogP) is 4.69. The highest BCUT2D eigenvalue weighted by atomic mass is 32.2. The Morgan fingerprint density at radius 3 is 2.73 bits per heavy atom. The van der Waals surface area contributed by atoms with Crippen molar-refractivity contribution in [1.82, 2.24) is 0 Å². The zero-order chi connectivity index (χ0) is 10.9. The second-order valence-corrected chi connectivity index (χ2v) is 4.53. The van der Waals surface area contributed by atoms with Gasteiger partial charge in [-0.15, -0.1) is 11.8 Å². The van der Waals surface area contributed by atoms with E-state index >= 15 is 0 Å². The molecule has 1 rings (SSSR count). The first kappa shape index (κ1) is 12.1. The van der Waals surface area contributed by atoms with Crippen LogP contribution in [0.2, 0.25) is 0 Å². The number of hydrogen-bond donors (Lipinski definition) is 0. The molecule has 0 heterocycles. The van der Waals surface area contributed by atoms with Gasteiger partial charge in [-0.1, -0.05) is 49.4 Å². The molecule has 80 valence electrons. The summed E-state index contributed by atoms with van der Waals surface area (Å²) in [5.41, 5.74) is 1.21. The fourth-order valence-electron chi connectivity index (χ4n) is 1.13. The maximum absolute atomic E-state index is 3.94. The summed E-state index contributed by atoms with van der Waals surface area (Å²) >= 11 is 1.90. The van der Waals surface area contributed by atoms with Crippen LogP contribution in [0, 0.1) is 0 Å². The molecule has 0 unspecified atom stereocenters. The Kier molecular flexibility index (Phi) is 5.94. The third-order valence-electron chi connectivity index (χ3n) is 2.10. The van der Waals surface area contributed by atoms with Gasteiger partial charge < -0.3 is 0 Å². The van der Waals surface area contributed by atoms with Gasteiger partial charge in [-0.3, -0.25) is 0 Å². The Labute approximate surface area is 97.1 Å². The first-order chi connectivity index (χ1) is 7.33. The van der Waals surface area contributed by atoms with Gasteiger partial charge >= 0.3 is 0 Å². The second kappa shape index (κ2) is 7.36. The van der Waals surface area contributed by atoms with Crippen molar-refractivity contribution in [2.75, 3.05) is 5.75 Å². The molecule has 1 heteroatoms. The van der Waals surface area contributed by atoms with Crippen LogP contribution in [0.15, 0.2) is 59.5 Å². The maximum atomic E-state index is 3.94. The molecule has 0 saturated heterocycles. The number of thioether (sulfide) groups is 1. The first-order valence-electron chi connectivity index (χ1n) is 5.35. The van der Waals surface area contributed by atoms with Crippen LogP contribution < -0.4 is 0 Å². The molecule has 0 bridgehead atoms. The van der Waals surface area contributed by atoms with Crippen LogP contribution >= 0.6 is 11.8 Å². The summed E-state index contributed by atoms with van der Waals surface area (Å²) in [6, 6.07) is 10.5. The monoisotopic (exact) mass is 218 g/mol. The van der Waals surface area contributed by atoms with Gasteiger partial charge in [-0.2, -0.15) is 0 Å². The lowest BCUT2D eigenvalue weighted by molar-refractivity contribution is 1.14. The van der Waals surface area contributed by atoms with E-state index in [-0.39, 0.29) is 0 Å². The molecule has 0 nitrogen and oxygen atoms in total. The quantitative estimate of drug-likeness (QED) is 0.379. The smallest absolute Gasteiger partial charge is 0.00720 e. The van der Waals surface area contributed by atoms with E-state index < -0.39 is 0 Å². The molecule has 0 amide bonds. The SMILES string of the molecule is C=C(/C=C/CCSc1ccccc1)CC. The molecule has 0 atom stereocenters. The Balaban J connectivity index is 2.17. The molecule has 1 aromatic rings. The average Bonchev–Trinajstić information content (AvgIpc) is 2.29. The predicted molar refractivity (Wildman–Crippen MR) is 70.4 cm³/mol. The van der Waals surface area contributed by atoms with Crippen molar-refractivity contribution in [1.29, 1.82) is 0 Å². The zero-order valence-corrected chi connectivity index (χ0v) is 10.1. The Bertz CT molecular complexity index is 311. The molecule has 0 aromatic heterocycles. The van der Waals surface area contributed by atoms with Crippen molar-refractivity contribution in [2.24, 2.45) is 0 Å². The number of allylic oxidation sites excluding steroid dienone is 3. The third-order valence-corrected chi connectivity index (χ3v) is 3.15. The molecule has 1 aromatic carbocycles. The fraction of sp³-hybridized carbons (Fsp3) is 0.286. The summed E-state index contributed by atoms with van der Waals surface area (Å²) in [5.74, 6) is 1.14. The van der Waals surface area contributed by atoms with Gasteiger partial charge in [0.2, 0.25) is 0 Å². The molecule has 0 N–H and O–H groups in total. The molecule has 0 aliphatic rings. The van der Waals surface area contributed by atoms with Gasteiger partial charge in [0, 0.05) is 10.6 Å². The summed E-state index contributed by atoms with van der Waals surface area (Å²) < 4.78 is 0. The van der Waals surface area contributed by atoms with Crippen molar-refractivity contribution >= 4 is 11.8 Å². The molecule has 0 fully saturated rings. The van der Waals surface area contributed by atoms with Gasteiger partial charge in [0.25, 0.3) is 0 Å². The summed E-state index contributed by atoms with van der Waals surface area (Å²) in [6.07, 6.45) is 6.49. The highest BCUT2D eigenvalue weighted by Gasteiger charge is 1.90. The van der Waals surface area contributed by atoms with E-state index in [2.05, 4.69) is 56.0 Å². The van der Waals surface area contributed by atoms with E-state index in [1.165, 1.54) is 10.5 Å². The standard InChI is InChI=1S/C14H18S/c1-3-13(2)9-7-8-12-15-14-10-5-4-6-11-14/h4-7,9-11H,2-3,8,12H2,1H3/b9-7+. The van der Waals surface area contributed by atoms with Crippen molar-refractivity contribution in [3.8, 4) is 0 Å². The topological polar surface area (TPSA) is 0 Å². The molecule has 0 radical (unpaired) electrons. The van der Waals surface area contributed by atoms with Crippen molar-refractivity contribution in [3.05, 3.63) is 54.6 Å². The van der Waals surface area contributed by atoms with Crippen molar-refractivity contribution in [2.45, 2.75) is 24.7 Å². The number of rotatable bonds is 6. The molecule has 15 heavy (non-hydrogen) atoms. The lowest BCUT2D eigenvalue weighted by Crippen LogP contribution is -1.77. The highest BCUT2D eigenvalue weighted by molar-refractivity contribution is 7.99. The van der Waals surface area contributed by atoms with Crippen LogP contribution in [0.4, 0.5) is 0 Å². The Morgan fingerprint density at radius 1 is 1.33 bits per heavy atom. The minimum Gasteiger partial charge on any atom is -0.126 e. The summed E-state index contributed by atoms with van der Waals surface area (Å²) in [6.45, 7) is 6.07. The van der Waals surface area contributed by atoms with Gasteiger partial charge in [0.15, 0.2) is 0 Å². The lowest BCUT2D eigenvalue weighted by atomic mass is 10.2. The van der Waals surface area contributed by atoms with Crippen LogP contribution in [-0.2, 0) is 0 Å². The molecular weight excluding hydrogens is 200 g/mol. The molecule has 0 aliphatic heterocycles. The van der Waals surface area contributed by atoms with Crippen molar-refractivity contribution < 1.29 is 0 Å². The second-order valence-electron chi connectivity index (χ2n) is 3.36. The van der Waals surface area contributed by atoms with Crippen LogP contribution in [-0.4, -0.2) is 5.75 Å². The van der Waals surface area contributed by atoms with E-state index in [4.69, 9.17) is 0 Å². The highest BCUT2D eigenvalue weighted by Crippen LogP contribution is 2.17. The Morgan fingerprint density at radius 2 is 2.07 bits per heavy atom. The van der Waals surface area contributed by atoms with Crippen LogP contribution in [0.25, 0.3) is 0 Å². The average molecular weight is 218 g/mol. The van der Waals surface area contributed by atoms with Gasteiger partial charge in [0.1, 0.15) is 0 Å². The van der Waals surface area contributed by atoms with Gasteiger partial charge in [-0.25, -0.2) is 0 Å². The van der Waals surface area contributed by atoms with E-state index in [0.717, 1.165) is 18.6 Å². The van der Waals surface area contributed by atoms with Gasteiger partial charge in [0.05, 0.1) is 0 Å². The van der Waals surface area contributed by atoms with Crippen LogP contribution in [0.1, 0.15) is 19.8 Å². The molecular formula is C14H18S. The number of benzene rings is 1. The zero-order valence-electron chi connectivity index (χ0n) is 9.28. The minimum absolute atomic E-state index is 1.04. The first-order valence-corrected chi connectivity index (χ1v) is 6.33. The van der Waals surface area contributed by atoms with Crippen LogP contribution in [0.5, 0.6) is 0 Å². The van der Waals surface area contributed by atoms with Crippen molar-refractivity contribution in [3.63, 3.8) is 0 Å². The molecule has 0 aliphatic carbocycles.